The average molecular weight is 661 g/mol. The van der Waals surface area contributed by atoms with Crippen LogP contribution in [0.1, 0.15) is 21.5 Å². The summed E-state index contributed by atoms with van der Waals surface area (Å²) in [6.45, 7) is 0.296. The van der Waals surface area contributed by atoms with Crippen LogP contribution in [0.4, 0.5) is 14.5 Å². The molecule has 1 heterocycles. The van der Waals surface area contributed by atoms with Gasteiger partial charge in [-0.2, -0.15) is 0 Å². The highest BCUT2D eigenvalue weighted by Gasteiger charge is 2.26. The van der Waals surface area contributed by atoms with Crippen molar-refractivity contribution in [3.8, 4) is 17.0 Å². The average Bonchev–Trinajstić information content (AvgIpc) is 3.51. The van der Waals surface area contributed by atoms with Gasteiger partial charge in [0.15, 0.2) is 0 Å². The summed E-state index contributed by atoms with van der Waals surface area (Å²) in [4.78, 5) is 28.5. The third kappa shape index (κ3) is 8.23. The minimum atomic E-state index is -3.81. The molecule has 5 rings (SSSR count). The van der Waals surface area contributed by atoms with Crippen LogP contribution in [0, 0.1) is 11.6 Å². The lowest BCUT2D eigenvalue weighted by molar-refractivity contribution is -0.120. The quantitative estimate of drug-likeness (QED) is 0.218. The topological polar surface area (TPSA) is 150 Å². The standard InChI is InChI=1S/C33H30F2N6O5S/c1-40(27-8-10-28(46-2)11-9-27)33(43)30(16-22-14-25(34)18-26(35)15-22)37-32(42)24-5-3-4-23(17-24)31-20-41(39-38-31)19-21-6-12-29(13-7-21)47(36,44)45/h3-15,17-18,20,30H,16,19H2,1-2H3,(H,37,42)(H2,36,44,45)/t30-/m0/s1. The van der Waals surface area contributed by atoms with Crippen molar-refractivity contribution in [3.63, 3.8) is 0 Å². The van der Waals surface area contributed by atoms with Crippen LogP contribution in [0.2, 0.25) is 0 Å². The van der Waals surface area contributed by atoms with Crippen molar-refractivity contribution in [1.29, 1.82) is 0 Å². The number of amides is 2. The van der Waals surface area contributed by atoms with E-state index in [1.54, 1.807) is 71.5 Å². The number of carbonyl (C=O) groups is 2. The normalized spacial score (nSPS) is 11.9. The highest BCUT2D eigenvalue weighted by atomic mass is 32.2. The summed E-state index contributed by atoms with van der Waals surface area (Å²) in [5.74, 6) is -2.12. The van der Waals surface area contributed by atoms with Gasteiger partial charge >= 0.3 is 0 Å². The first-order valence-electron chi connectivity index (χ1n) is 14.2. The number of carbonyl (C=O) groups excluding carboxylic acids is 2. The predicted molar refractivity (Wildman–Crippen MR) is 170 cm³/mol. The van der Waals surface area contributed by atoms with E-state index in [4.69, 9.17) is 9.88 Å². The molecule has 0 aliphatic heterocycles. The number of hydrogen-bond donors (Lipinski definition) is 2. The van der Waals surface area contributed by atoms with E-state index < -0.39 is 39.5 Å². The fraction of sp³-hybridized carbons (Fsp3) is 0.152. The Kier molecular flexibility index (Phi) is 9.72. The van der Waals surface area contributed by atoms with Crippen LogP contribution in [0.25, 0.3) is 11.3 Å². The number of hydrogen-bond acceptors (Lipinski definition) is 7. The van der Waals surface area contributed by atoms with E-state index in [1.165, 1.54) is 31.2 Å². The van der Waals surface area contributed by atoms with Gasteiger partial charge in [-0.3, -0.25) is 9.59 Å². The number of nitrogens with zero attached hydrogens (tertiary/aromatic N) is 4. The molecule has 4 aromatic carbocycles. The summed E-state index contributed by atoms with van der Waals surface area (Å²) in [5.41, 5.74) is 2.71. The summed E-state index contributed by atoms with van der Waals surface area (Å²) in [7, 11) is -0.755. The Morgan fingerprint density at radius 1 is 0.957 bits per heavy atom. The molecular weight excluding hydrogens is 630 g/mol. The highest BCUT2D eigenvalue weighted by molar-refractivity contribution is 7.89. The lowest BCUT2D eigenvalue weighted by Gasteiger charge is -2.25. The second kappa shape index (κ2) is 13.9. The van der Waals surface area contributed by atoms with Gasteiger partial charge in [-0.1, -0.05) is 29.5 Å². The summed E-state index contributed by atoms with van der Waals surface area (Å²) in [6, 6.07) is 21.1. The largest absolute Gasteiger partial charge is 0.497 e. The molecule has 0 unspecified atom stereocenters. The summed E-state index contributed by atoms with van der Waals surface area (Å²) < 4.78 is 57.8. The van der Waals surface area contributed by atoms with Crippen LogP contribution in [0.5, 0.6) is 5.75 Å². The number of likely N-dealkylation sites (N-methyl/N-ethyl adjacent to an activating group) is 1. The number of primary sulfonamides is 1. The number of aromatic nitrogens is 3. The molecule has 1 aromatic heterocycles. The molecule has 0 radical (unpaired) electrons. The molecule has 0 aliphatic carbocycles. The Balaban J connectivity index is 1.35. The van der Waals surface area contributed by atoms with Crippen LogP contribution in [0.3, 0.4) is 0 Å². The number of anilines is 1. The van der Waals surface area contributed by atoms with Gasteiger partial charge in [0, 0.05) is 36.3 Å². The molecule has 47 heavy (non-hydrogen) atoms. The predicted octanol–water partition coefficient (Wildman–Crippen LogP) is 3.93. The lowest BCUT2D eigenvalue weighted by Crippen LogP contribution is -2.48. The maximum absolute atomic E-state index is 14.0. The van der Waals surface area contributed by atoms with Crippen molar-refractivity contribution in [3.05, 3.63) is 126 Å². The molecule has 0 saturated carbocycles. The molecule has 0 bridgehead atoms. The van der Waals surface area contributed by atoms with Crippen LogP contribution < -0.4 is 20.1 Å². The van der Waals surface area contributed by atoms with E-state index in [-0.39, 0.29) is 22.4 Å². The minimum Gasteiger partial charge on any atom is -0.497 e. The van der Waals surface area contributed by atoms with Crippen LogP contribution in [0.15, 0.2) is 102 Å². The second-order valence-corrected chi connectivity index (χ2v) is 12.2. The zero-order valence-electron chi connectivity index (χ0n) is 25.3. The Labute approximate surface area is 269 Å². The zero-order chi connectivity index (χ0) is 33.7. The molecule has 1 atom stereocenters. The first-order valence-corrected chi connectivity index (χ1v) is 15.7. The van der Waals surface area contributed by atoms with Gasteiger partial charge in [-0.15, -0.1) is 5.10 Å². The number of sulfonamides is 1. The van der Waals surface area contributed by atoms with Crippen molar-refractivity contribution in [1.82, 2.24) is 20.3 Å². The molecule has 0 fully saturated rings. The SMILES string of the molecule is COc1ccc(N(C)C(=O)[C@H](Cc2cc(F)cc(F)c2)NC(=O)c2cccc(-c3cn(Cc4ccc(S(N)(=O)=O)cc4)nn3)c2)cc1. The molecule has 0 spiro atoms. The Hall–Kier alpha value is -5.47. The van der Waals surface area contributed by atoms with Crippen molar-refractivity contribution < 1.29 is 31.5 Å². The molecule has 5 aromatic rings. The summed E-state index contributed by atoms with van der Waals surface area (Å²) in [6.07, 6.45) is 1.49. The van der Waals surface area contributed by atoms with E-state index in [9.17, 15) is 26.8 Å². The molecule has 0 saturated heterocycles. The molecule has 242 valence electrons. The fourth-order valence-corrected chi connectivity index (χ4v) is 5.39. The van der Waals surface area contributed by atoms with E-state index in [1.807, 2.05) is 0 Å². The van der Waals surface area contributed by atoms with Crippen LogP contribution in [-0.2, 0) is 27.8 Å². The third-order valence-electron chi connectivity index (χ3n) is 7.31. The van der Waals surface area contributed by atoms with Crippen molar-refractivity contribution >= 4 is 27.5 Å². The Morgan fingerprint density at radius 3 is 2.28 bits per heavy atom. The van der Waals surface area contributed by atoms with Gasteiger partial charge in [-0.25, -0.2) is 27.0 Å². The van der Waals surface area contributed by atoms with Crippen LogP contribution in [-0.4, -0.2) is 55.4 Å². The first kappa shape index (κ1) is 32.9. The number of nitrogens with two attached hydrogens (primary N) is 1. The van der Waals surface area contributed by atoms with Gasteiger partial charge in [0.1, 0.15) is 29.1 Å². The third-order valence-corrected chi connectivity index (χ3v) is 8.24. The minimum absolute atomic E-state index is 0.00460. The number of methoxy groups -OCH3 is 1. The molecular formula is C33H30F2N6O5S. The Morgan fingerprint density at radius 2 is 1.64 bits per heavy atom. The van der Waals surface area contributed by atoms with Gasteiger partial charge < -0.3 is 15.0 Å². The van der Waals surface area contributed by atoms with Crippen molar-refractivity contribution in [2.75, 3.05) is 19.1 Å². The molecule has 3 N–H and O–H groups in total. The van der Waals surface area contributed by atoms with E-state index in [0.717, 1.165) is 23.8 Å². The maximum atomic E-state index is 14.0. The van der Waals surface area contributed by atoms with Gasteiger partial charge in [-0.05, 0) is 71.8 Å². The van der Waals surface area contributed by atoms with Crippen LogP contribution >= 0.6 is 0 Å². The monoisotopic (exact) mass is 660 g/mol. The number of ether oxygens (including phenoxy) is 1. The number of benzene rings is 4. The van der Waals surface area contributed by atoms with E-state index >= 15 is 0 Å². The highest BCUT2D eigenvalue weighted by Crippen LogP contribution is 2.22. The molecule has 2 amide bonds. The molecule has 14 heteroatoms. The second-order valence-electron chi connectivity index (χ2n) is 10.7. The van der Waals surface area contributed by atoms with Gasteiger partial charge in [0.25, 0.3) is 5.91 Å². The smallest absolute Gasteiger partial charge is 0.251 e. The molecule has 0 aliphatic rings. The van der Waals surface area contributed by atoms with E-state index in [0.29, 0.717) is 29.2 Å². The zero-order valence-corrected chi connectivity index (χ0v) is 26.1. The number of rotatable bonds is 11. The molecule has 11 nitrogen and oxygen atoms in total. The fourth-order valence-electron chi connectivity index (χ4n) is 4.87. The number of nitrogens with one attached hydrogen (secondary N) is 1. The van der Waals surface area contributed by atoms with Crippen molar-refractivity contribution in [2.45, 2.75) is 23.9 Å². The van der Waals surface area contributed by atoms with Gasteiger partial charge in [0.05, 0.1) is 24.7 Å². The Bertz CT molecular complexity index is 2000. The summed E-state index contributed by atoms with van der Waals surface area (Å²) >= 11 is 0. The number of halogens is 2. The summed E-state index contributed by atoms with van der Waals surface area (Å²) in [5, 5.41) is 16.2. The van der Waals surface area contributed by atoms with Gasteiger partial charge in [0.2, 0.25) is 15.9 Å². The van der Waals surface area contributed by atoms with Crippen molar-refractivity contribution in [2.24, 2.45) is 5.14 Å². The van der Waals surface area contributed by atoms with E-state index in [2.05, 4.69) is 15.6 Å². The maximum Gasteiger partial charge on any atom is 0.251 e. The first-order chi connectivity index (χ1) is 22.4. The lowest BCUT2D eigenvalue weighted by atomic mass is 10.0.